The van der Waals surface area contributed by atoms with Crippen LogP contribution in [0.1, 0.15) is 62.9 Å². The maximum absolute atomic E-state index is 13.9. The van der Waals surface area contributed by atoms with Gasteiger partial charge in [0.25, 0.3) is 11.8 Å². The molecule has 2 aliphatic heterocycles. The zero-order valence-corrected chi connectivity index (χ0v) is 22.6. The van der Waals surface area contributed by atoms with Crippen molar-refractivity contribution < 1.29 is 24.3 Å². The molecule has 10 heteroatoms. The lowest BCUT2D eigenvalue weighted by Crippen LogP contribution is -2.57. The van der Waals surface area contributed by atoms with Gasteiger partial charge >= 0.3 is 0 Å². The van der Waals surface area contributed by atoms with E-state index in [4.69, 9.17) is 0 Å². The Kier molecular flexibility index (Phi) is 7.93. The molecule has 4 amide bonds. The number of piperidine rings is 1. The number of H-pyrrole nitrogens is 1. The molecule has 3 aliphatic rings. The number of fused-ring (bicyclic) bond motifs is 2. The van der Waals surface area contributed by atoms with Gasteiger partial charge in [-0.15, -0.1) is 0 Å². The zero-order chi connectivity index (χ0) is 27.7. The number of aliphatic hydroxyl groups excluding tert-OH is 1. The van der Waals surface area contributed by atoms with Crippen molar-refractivity contribution in [3.8, 4) is 0 Å². The van der Waals surface area contributed by atoms with Crippen LogP contribution >= 0.6 is 0 Å². The van der Waals surface area contributed by atoms with E-state index in [1.165, 1.54) is 0 Å². The average Bonchev–Trinajstić information content (AvgIpc) is 3.62. The number of para-hydroxylation sites is 1. The second-order valence-corrected chi connectivity index (χ2v) is 11.6. The van der Waals surface area contributed by atoms with Crippen LogP contribution in [0.2, 0.25) is 0 Å². The fourth-order valence-electron chi connectivity index (χ4n) is 6.65. The molecule has 5 rings (SSSR count). The van der Waals surface area contributed by atoms with Gasteiger partial charge in [-0.3, -0.25) is 19.2 Å². The summed E-state index contributed by atoms with van der Waals surface area (Å²) in [6.07, 6.45) is 2.83. The Labute approximate surface area is 228 Å². The fraction of sp³-hybridized carbons (Fsp3) is 0.586. The van der Waals surface area contributed by atoms with E-state index in [0.717, 1.165) is 36.6 Å². The summed E-state index contributed by atoms with van der Waals surface area (Å²) in [6.45, 7) is 4.67. The normalized spacial score (nSPS) is 26.3. The minimum Gasteiger partial charge on any atom is -0.381 e. The third-order valence-electron chi connectivity index (χ3n) is 8.53. The van der Waals surface area contributed by atoms with Crippen molar-refractivity contribution in [2.75, 3.05) is 13.1 Å². The van der Waals surface area contributed by atoms with E-state index in [-0.39, 0.29) is 42.0 Å². The topological polar surface area (TPSA) is 144 Å². The second-order valence-electron chi connectivity index (χ2n) is 11.6. The predicted molar refractivity (Wildman–Crippen MR) is 146 cm³/mol. The molecule has 1 saturated carbocycles. The molecule has 0 bridgehead atoms. The number of aromatic amines is 1. The van der Waals surface area contributed by atoms with Crippen molar-refractivity contribution in [3.63, 3.8) is 0 Å². The molecule has 5 N–H and O–H groups in total. The Balaban J connectivity index is 1.39. The minimum atomic E-state index is -1.52. The average molecular weight is 538 g/mol. The van der Waals surface area contributed by atoms with E-state index in [1.807, 2.05) is 30.3 Å². The predicted octanol–water partition coefficient (Wildman–Crippen LogP) is 1.70. The molecular weight excluding hydrogens is 498 g/mol. The molecule has 210 valence electrons. The van der Waals surface area contributed by atoms with Gasteiger partial charge in [-0.05, 0) is 69.9 Å². The monoisotopic (exact) mass is 537 g/mol. The van der Waals surface area contributed by atoms with E-state index in [0.29, 0.717) is 25.2 Å². The van der Waals surface area contributed by atoms with Crippen molar-refractivity contribution in [2.45, 2.75) is 76.6 Å². The van der Waals surface area contributed by atoms with Gasteiger partial charge < -0.3 is 30.9 Å². The lowest BCUT2D eigenvalue weighted by atomic mass is 9.88. The first-order valence-electron chi connectivity index (χ1n) is 14.2. The van der Waals surface area contributed by atoms with Crippen LogP contribution in [0.4, 0.5) is 0 Å². The summed E-state index contributed by atoms with van der Waals surface area (Å²) >= 11 is 0. The number of amides is 4. The number of carbonyl (C=O) groups excluding carboxylic acids is 4. The van der Waals surface area contributed by atoms with Crippen molar-refractivity contribution in [1.29, 1.82) is 0 Å². The van der Waals surface area contributed by atoms with E-state index >= 15 is 0 Å². The zero-order valence-electron chi connectivity index (χ0n) is 22.6. The molecule has 1 aromatic carbocycles. The van der Waals surface area contributed by atoms with Crippen LogP contribution in [-0.4, -0.2) is 75.9 Å². The SMILES string of the molecule is CC(C)NC(=O)C(O)[C@H](C[C@@H]1CCCNC1=O)NC(=O)[C@@H]1[C@H]2CCC[C@H]2CN1C(=O)c1cc2ccccc2[nH]1. The Bertz CT molecular complexity index is 1210. The molecule has 0 radical (unpaired) electrons. The lowest BCUT2D eigenvalue weighted by molar-refractivity contribution is -0.136. The van der Waals surface area contributed by atoms with E-state index in [1.54, 1.807) is 18.7 Å². The first-order chi connectivity index (χ1) is 18.7. The Morgan fingerprint density at radius 2 is 1.90 bits per heavy atom. The number of hydrogen-bond donors (Lipinski definition) is 5. The molecule has 3 fully saturated rings. The highest BCUT2D eigenvalue weighted by Crippen LogP contribution is 2.43. The van der Waals surface area contributed by atoms with Crippen molar-refractivity contribution in [3.05, 3.63) is 36.0 Å². The smallest absolute Gasteiger partial charge is 0.271 e. The van der Waals surface area contributed by atoms with Crippen LogP contribution in [-0.2, 0) is 14.4 Å². The summed E-state index contributed by atoms with van der Waals surface area (Å²) < 4.78 is 0. The highest BCUT2D eigenvalue weighted by molar-refractivity contribution is 6.00. The Morgan fingerprint density at radius 3 is 2.64 bits per heavy atom. The van der Waals surface area contributed by atoms with Gasteiger partial charge in [0.15, 0.2) is 6.10 Å². The molecule has 10 nitrogen and oxygen atoms in total. The van der Waals surface area contributed by atoms with Crippen molar-refractivity contribution in [2.24, 2.45) is 17.8 Å². The maximum Gasteiger partial charge on any atom is 0.271 e. The van der Waals surface area contributed by atoms with Crippen LogP contribution in [0.25, 0.3) is 10.9 Å². The third-order valence-corrected chi connectivity index (χ3v) is 8.53. The molecule has 39 heavy (non-hydrogen) atoms. The first kappa shape index (κ1) is 27.2. The minimum absolute atomic E-state index is 0.0126. The van der Waals surface area contributed by atoms with Gasteiger partial charge in [-0.25, -0.2) is 0 Å². The van der Waals surface area contributed by atoms with Gasteiger partial charge in [-0.1, -0.05) is 24.6 Å². The number of aliphatic hydroxyl groups is 1. The Morgan fingerprint density at radius 1 is 1.10 bits per heavy atom. The summed E-state index contributed by atoms with van der Waals surface area (Å²) in [5.74, 6) is -1.53. The van der Waals surface area contributed by atoms with Gasteiger partial charge in [0.05, 0.1) is 6.04 Å². The maximum atomic E-state index is 13.9. The number of benzene rings is 1. The van der Waals surface area contributed by atoms with Gasteiger partial charge in [0.2, 0.25) is 11.8 Å². The molecule has 2 saturated heterocycles. The van der Waals surface area contributed by atoms with Gasteiger partial charge in [-0.2, -0.15) is 0 Å². The number of nitrogens with zero attached hydrogens (tertiary/aromatic N) is 1. The highest BCUT2D eigenvalue weighted by atomic mass is 16.3. The molecule has 1 aromatic heterocycles. The molecule has 0 spiro atoms. The highest BCUT2D eigenvalue weighted by Gasteiger charge is 2.50. The number of nitrogens with one attached hydrogen (secondary N) is 4. The number of hydrogen-bond acceptors (Lipinski definition) is 5. The van der Waals surface area contributed by atoms with Gasteiger partial charge in [0.1, 0.15) is 11.7 Å². The molecular formula is C29H39N5O5. The van der Waals surface area contributed by atoms with E-state index in [2.05, 4.69) is 20.9 Å². The number of rotatable bonds is 8. The Hall–Kier alpha value is -3.40. The molecule has 1 aliphatic carbocycles. The quantitative estimate of drug-likeness (QED) is 0.348. The fourth-order valence-corrected chi connectivity index (χ4v) is 6.65. The van der Waals surface area contributed by atoms with Crippen LogP contribution in [0.15, 0.2) is 30.3 Å². The number of aromatic nitrogens is 1. The van der Waals surface area contributed by atoms with Gasteiger partial charge in [0, 0.05) is 36.0 Å². The summed E-state index contributed by atoms with van der Waals surface area (Å²) in [7, 11) is 0. The third kappa shape index (κ3) is 5.66. The van der Waals surface area contributed by atoms with Crippen LogP contribution < -0.4 is 16.0 Å². The lowest BCUT2D eigenvalue weighted by Gasteiger charge is -2.32. The van der Waals surface area contributed by atoms with Crippen molar-refractivity contribution in [1.82, 2.24) is 25.8 Å². The largest absolute Gasteiger partial charge is 0.381 e. The molecule has 1 unspecified atom stereocenters. The summed E-state index contributed by atoms with van der Waals surface area (Å²) in [4.78, 5) is 57.8. The summed E-state index contributed by atoms with van der Waals surface area (Å²) in [5, 5.41) is 20.4. The van der Waals surface area contributed by atoms with Crippen LogP contribution in [0, 0.1) is 17.8 Å². The number of carbonyl (C=O) groups is 4. The second kappa shape index (κ2) is 11.4. The van der Waals surface area contributed by atoms with Crippen LogP contribution in [0.5, 0.6) is 0 Å². The summed E-state index contributed by atoms with van der Waals surface area (Å²) in [6, 6.07) is 7.60. The van der Waals surface area contributed by atoms with E-state index in [9.17, 15) is 24.3 Å². The number of likely N-dealkylation sites (tertiary alicyclic amines) is 1. The molecule has 2 aromatic rings. The molecule has 3 heterocycles. The van der Waals surface area contributed by atoms with Crippen molar-refractivity contribution >= 4 is 34.5 Å². The first-order valence-corrected chi connectivity index (χ1v) is 14.2. The summed E-state index contributed by atoms with van der Waals surface area (Å²) in [5.41, 5.74) is 1.28. The molecule has 6 atom stereocenters. The van der Waals surface area contributed by atoms with E-state index < -0.39 is 30.0 Å². The standard InChI is InChI=1S/C29H39N5O5/c1-16(2)31-28(38)25(35)22(14-18-9-6-12-30-26(18)36)33-27(37)24-20-10-5-8-19(20)15-34(24)29(39)23-13-17-7-3-4-11-21(17)32-23/h3-4,7,11,13,16,18-20,22,24-25,32,35H,5-6,8-10,12,14-15H2,1-2H3,(H,30,36)(H,31,38)(H,33,37)/t18-,19-,20-,22-,24-,25?/m0/s1. The van der Waals surface area contributed by atoms with Crippen LogP contribution in [0.3, 0.4) is 0 Å².